The van der Waals surface area contributed by atoms with Gasteiger partial charge in [-0.15, -0.1) is 21.5 Å². The van der Waals surface area contributed by atoms with Crippen LogP contribution in [-0.4, -0.2) is 37.7 Å². The molecule has 0 N–H and O–H groups in total. The Labute approximate surface area is 194 Å². The highest BCUT2D eigenvalue weighted by molar-refractivity contribution is 7.98. The number of hydrogen-bond acceptors (Lipinski definition) is 8. The molecule has 1 amide bonds. The predicted octanol–water partition coefficient (Wildman–Crippen LogP) is 4.80. The molecule has 8 nitrogen and oxygen atoms in total. The number of ether oxygens (including phenoxy) is 1. The number of aromatic nitrogens is 5. The number of amides is 1. The van der Waals surface area contributed by atoms with Crippen molar-refractivity contribution in [2.24, 2.45) is 0 Å². The molecule has 0 unspecified atom stereocenters. The minimum atomic E-state index is -0.129. The van der Waals surface area contributed by atoms with Gasteiger partial charge in [0.1, 0.15) is 5.75 Å². The fraction of sp³-hybridized carbons (Fsp3) is 0.227. The van der Waals surface area contributed by atoms with Crippen LogP contribution in [0.2, 0.25) is 0 Å². The Kier molecular flexibility index (Phi) is 6.81. The van der Waals surface area contributed by atoms with Crippen LogP contribution >= 0.6 is 23.1 Å². The van der Waals surface area contributed by atoms with Crippen LogP contribution in [-0.2, 0) is 17.1 Å². The summed E-state index contributed by atoms with van der Waals surface area (Å²) in [5, 5.41) is 12.1. The third-order valence-electron chi connectivity index (χ3n) is 4.69. The molecule has 10 heteroatoms. The molecule has 3 heterocycles. The van der Waals surface area contributed by atoms with E-state index in [0.29, 0.717) is 22.3 Å². The molecular weight excluding hydrogens is 444 g/mol. The number of thiazole rings is 1. The zero-order chi connectivity index (χ0) is 22.5. The average molecular weight is 467 g/mol. The van der Waals surface area contributed by atoms with Gasteiger partial charge in [-0.3, -0.25) is 14.7 Å². The molecule has 0 aliphatic carbocycles. The molecule has 3 aromatic heterocycles. The molecule has 164 valence electrons. The summed E-state index contributed by atoms with van der Waals surface area (Å²) < 4.78 is 7.50. The molecule has 0 bridgehead atoms. The molecule has 0 saturated heterocycles. The van der Waals surface area contributed by atoms with Gasteiger partial charge in [0.15, 0.2) is 16.1 Å². The molecule has 0 aliphatic heterocycles. The van der Waals surface area contributed by atoms with Gasteiger partial charge in [0, 0.05) is 42.6 Å². The fourth-order valence-corrected chi connectivity index (χ4v) is 5.10. The number of rotatable bonds is 8. The number of anilines is 2. The van der Waals surface area contributed by atoms with Crippen LogP contribution in [0.3, 0.4) is 0 Å². The second kappa shape index (κ2) is 9.92. The number of nitrogens with zero attached hydrogens (tertiary/aromatic N) is 6. The maximum atomic E-state index is 12.4. The first-order chi connectivity index (χ1) is 15.6. The number of thioether (sulfide) groups is 1. The van der Waals surface area contributed by atoms with Crippen molar-refractivity contribution in [3.8, 4) is 17.1 Å². The normalized spacial score (nSPS) is 10.8. The summed E-state index contributed by atoms with van der Waals surface area (Å²) in [6.45, 7) is 4.34. The van der Waals surface area contributed by atoms with Gasteiger partial charge in [0.05, 0.1) is 18.5 Å². The van der Waals surface area contributed by atoms with E-state index in [9.17, 15) is 4.79 Å². The molecule has 0 radical (unpaired) electrons. The first-order valence-electron chi connectivity index (χ1n) is 9.96. The minimum absolute atomic E-state index is 0.129. The van der Waals surface area contributed by atoms with Crippen molar-refractivity contribution < 1.29 is 9.53 Å². The van der Waals surface area contributed by atoms with E-state index in [2.05, 4.69) is 26.7 Å². The molecule has 0 aliphatic rings. The Morgan fingerprint density at radius 2 is 1.97 bits per heavy atom. The SMILES string of the molecule is CCn1c(SCc2csc(N(C(C)=O)c3ccccc3OC)n2)nnc1-c1ccncc1. The van der Waals surface area contributed by atoms with Crippen LogP contribution in [0.1, 0.15) is 19.5 Å². The molecule has 4 aromatic rings. The summed E-state index contributed by atoms with van der Waals surface area (Å²) in [5.41, 5.74) is 2.52. The number of carbonyl (C=O) groups is 1. The molecular formula is C22H22N6O2S2. The number of benzene rings is 1. The second-order valence-corrected chi connectivity index (χ2v) is 8.50. The van der Waals surface area contributed by atoms with Gasteiger partial charge in [-0.2, -0.15) is 0 Å². The van der Waals surface area contributed by atoms with Crippen molar-refractivity contribution in [3.05, 3.63) is 59.9 Å². The zero-order valence-corrected chi connectivity index (χ0v) is 19.6. The van der Waals surface area contributed by atoms with Crippen LogP contribution < -0.4 is 9.64 Å². The van der Waals surface area contributed by atoms with Crippen molar-refractivity contribution in [2.45, 2.75) is 31.3 Å². The lowest BCUT2D eigenvalue weighted by molar-refractivity contribution is -0.115. The maximum absolute atomic E-state index is 12.4. The van der Waals surface area contributed by atoms with Crippen LogP contribution in [0, 0.1) is 0 Å². The summed E-state index contributed by atoms with van der Waals surface area (Å²) in [7, 11) is 1.59. The summed E-state index contributed by atoms with van der Waals surface area (Å²) >= 11 is 2.99. The van der Waals surface area contributed by atoms with Crippen LogP contribution in [0.15, 0.2) is 59.3 Å². The van der Waals surface area contributed by atoms with Gasteiger partial charge in [-0.1, -0.05) is 23.9 Å². The van der Waals surface area contributed by atoms with Gasteiger partial charge < -0.3 is 9.30 Å². The van der Waals surface area contributed by atoms with Gasteiger partial charge >= 0.3 is 0 Å². The lowest BCUT2D eigenvalue weighted by Gasteiger charge is -2.20. The smallest absolute Gasteiger partial charge is 0.230 e. The zero-order valence-electron chi connectivity index (χ0n) is 17.9. The number of hydrogen-bond donors (Lipinski definition) is 0. The molecule has 4 rings (SSSR count). The fourth-order valence-electron chi connectivity index (χ4n) is 3.22. The van der Waals surface area contributed by atoms with Gasteiger partial charge in [-0.25, -0.2) is 4.98 Å². The van der Waals surface area contributed by atoms with E-state index >= 15 is 0 Å². The topological polar surface area (TPSA) is 86.0 Å². The van der Waals surface area contributed by atoms with Crippen molar-refractivity contribution in [1.29, 1.82) is 0 Å². The Morgan fingerprint density at radius 1 is 1.19 bits per heavy atom. The van der Waals surface area contributed by atoms with E-state index in [1.165, 1.54) is 18.3 Å². The van der Waals surface area contributed by atoms with E-state index in [-0.39, 0.29) is 5.91 Å². The molecule has 0 saturated carbocycles. The second-order valence-electron chi connectivity index (χ2n) is 6.72. The molecule has 0 fully saturated rings. The molecule has 0 atom stereocenters. The third-order valence-corrected chi connectivity index (χ3v) is 6.57. The molecule has 1 aromatic carbocycles. The summed E-state index contributed by atoms with van der Waals surface area (Å²) in [6, 6.07) is 11.3. The molecule has 32 heavy (non-hydrogen) atoms. The first kappa shape index (κ1) is 22.0. The van der Waals surface area contributed by atoms with E-state index in [1.54, 1.807) is 36.2 Å². The van der Waals surface area contributed by atoms with E-state index in [0.717, 1.165) is 28.8 Å². The Balaban J connectivity index is 1.54. The lowest BCUT2D eigenvalue weighted by atomic mass is 10.2. The van der Waals surface area contributed by atoms with Crippen LogP contribution in [0.25, 0.3) is 11.4 Å². The van der Waals surface area contributed by atoms with Crippen molar-refractivity contribution in [1.82, 2.24) is 24.7 Å². The number of methoxy groups -OCH3 is 1. The van der Waals surface area contributed by atoms with Gasteiger partial charge in [-0.05, 0) is 31.2 Å². The van der Waals surface area contributed by atoms with Crippen molar-refractivity contribution in [2.75, 3.05) is 12.0 Å². The number of pyridine rings is 1. The van der Waals surface area contributed by atoms with E-state index in [1.807, 2.05) is 41.8 Å². The highest BCUT2D eigenvalue weighted by atomic mass is 32.2. The van der Waals surface area contributed by atoms with Gasteiger partial charge in [0.2, 0.25) is 5.91 Å². The van der Waals surface area contributed by atoms with Crippen molar-refractivity contribution >= 4 is 39.8 Å². The minimum Gasteiger partial charge on any atom is -0.495 e. The van der Waals surface area contributed by atoms with Crippen LogP contribution in [0.4, 0.5) is 10.8 Å². The van der Waals surface area contributed by atoms with Crippen LogP contribution in [0.5, 0.6) is 5.75 Å². The van der Waals surface area contributed by atoms with E-state index < -0.39 is 0 Å². The Morgan fingerprint density at radius 3 is 2.69 bits per heavy atom. The summed E-state index contributed by atoms with van der Waals surface area (Å²) in [5.74, 6) is 1.92. The van der Waals surface area contributed by atoms with Crippen molar-refractivity contribution in [3.63, 3.8) is 0 Å². The number of carbonyl (C=O) groups excluding carboxylic acids is 1. The average Bonchev–Trinajstić information content (AvgIpc) is 3.45. The van der Waals surface area contributed by atoms with Gasteiger partial charge in [0.25, 0.3) is 0 Å². The monoisotopic (exact) mass is 466 g/mol. The maximum Gasteiger partial charge on any atom is 0.230 e. The first-order valence-corrected chi connectivity index (χ1v) is 11.8. The third kappa shape index (κ3) is 4.51. The Hall–Kier alpha value is -3.24. The quantitative estimate of drug-likeness (QED) is 0.345. The van der Waals surface area contributed by atoms with E-state index in [4.69, 9.17) is 9.72 Å². The Bertz CT molecular complexity index is 1210. The summed E-state index contributed by atoms with van der Waals surface area (Å²) in [6.07, 6.45) is 3.49. The highest BCUT2D eigenvalue weighted by Gasteiger charge is 2.21. The predicted molar refractivity (Wildman–Crippen MR) is 126 cm³/mol. The summed E-state index contributed by atoms with van der Waals surface area (Å²) in [4.78, 5) is 22.8. The lowest BCUT2D eigenvalue weighted by Crippen LogP contribution is -2.23. The molecule has 0 spiro atoms. The largest absolute Gasteiger partial charge is 0.495 e. The number of para-hydroxylation sites is 2. The standard InChI is InChI=1S/C22H22N6O2S2/c1-4-27-20(16-9-11-23-12-10-16)25-26-22(27)32-14-17-13-31-21(24-17)28(15(2)29)18-7-5-6-8-19(18)30-3/h5-13H,4,14H2,1-3H3. The highest BCUT2D eigenvalue weighted by Crippen LogP contribution is 2.36.